The van der Waals surface area contributed by atoms with Crippen LogP contribution in [0, 0.1) is 0 Å². The molecule has 1 aliphatic heterocycles. The molecule has 3 aromatic rings. The van der Waals surface area contributed by atoms with E-state index in [1.165, 1.54) is 11.1 Å². The smallest absolute Gasteiger partial charge is 0.248 e. The highest BCUT2D eigenvalue weighted by Gasteiger charge is 2.35. The van der Waals surface area contributed by atoms with Gasteiger partial charge in [-0.1, -0.05) is 37.0 Å². The Labute approximate surface area is 202 Å². The predicted molar refractivity (Wildman–Crippen MR) is 130 cm³/mol. The van der Waals surface area contributed by atoms with E-state index in [0.29, 0.717) is 5.95 Å². The lowest BCUT2D eigenvalue weighted by atomic mass is 9.83. The van der Waals surface area contributed by atoms with Crippen molar-refractivity contribution >= 4 is 43.9 Å². The van der Waals surface area contributed by atoms with Gasteiger partial charge in [0.25, 0.3) is 0 Å². The second-order valence-corrected chi connectivity index (χ2v) is 9.50. The zero-order chi connectivity index (χ0) is 22.2. The molecule has 5 rings (SSSR count). The molecular weight excluding hydrogens is 538 g/mol. The molecule has 2 heterocycles. The zero-order valence-electron chi connectivity index (χ0n) is 17.6. The van der Waals surface area contributed by atoms with Gasteiger partial charge in [-0.05, 0) is 83.3 Å². The van der Waals surface area contributed by atoms with Crippen LogP contribution in [0.4, 0.5) is 5.95 Å². The molecule has 0 spiro atoms. The van der Waals surface area contributed by atoms with Crippen LogP contribution >= 0.6 is 31.9 Å². The maximum absolute atomic E-state index is 5.71. The lowest BCUT2D eigenvalue weighted by Crippen LogP contribution is -2.28. The van der Waals surface area contributed by atoms with Crippen molar-refractivity contribution in [2.75, 3.05) is 19.5 Å². The molecule has 1 aliphatic carbocycles. The number of nitrogens with one attached hydrogen (secondary N) is 1. The number of halogens is 2. The average Bonchev–Trinajstić information content (AvgIpc) is 3.26. The number of allylic oxidation sites excluding steroid dienone is 2. The molecule has 0 bridgehead atoms. The summed E-state index contributed by atoms with van der Waals surface area (Å²) in [5.74, 6) is 2.25. The minimum absolute atomic E-state index is 0.156. The van der Waals surface area contributed by atoms with Crippen LogP contribution in [0.5, 0.6) is 11.5 Å². The number of nitrogens with zero attached hydrogens (tertiary/aromatic N) is 4. The number of methoxy groups -OCH3 is 2. The summed E-state index contributed by atoms with van der Waals surface area (Å²) in [7, 11) is 3.38. The molecule has 7 nitrogen and oxygen atoms in total. The van der Waals surface area contributed by atoms with Crippen LogP contribution in [0.25, 0.3) is 6.08 Å². The summed E-state index contributed by atoms with van der Waals surface area (Å²) in [5.41, 5.74) is 5.57. The Morgan fingerprint density at radius 1 is 1.03 bits per heavy atom. The molecule has 1 N–H and O–H groups in total. The van der Waals surface area contributed by atoms with Crippen LogP contribution < -0.4 is 14.8 Å². The first-order valence-electron chi connectivity index (χ1n) is 10.2. The Kier molecular flexibility index (Phi) is 5.77. The summed E-state index contributed by atoms with van der Waals surface area (Å²) in [5, 5.41) is 16.0. The second-order valence-electron chi connectivity index (χ2n) is 7.67. The molecule has 1 aromatic heterocycles. The first kappa shape index (κ1) is 21.2. The van der Waals surface area contributed by atoms with Crippen molar-refractivity contribution in [2.45, 2.75) is 25.3 Å². The van der Waals surface area contributed by atoms with Gasteiger partial charge in [-0.3, -0.25) is 0 Å². The van der Waals surface area contributed by atoms with E-state index in [2.05, 4.69) is 70.9 Å². The fourth-order valence-corrected chi connectivity index (χ4v) is 5.21. The molecule has 1 atom stereocenters. The molecule has 2 aliphatic rings. The first-order chi connectivity index (χ1) is 15.6. The summed E-state index contributed by atoms with van der Waals surface area (Å²) < 4.78 is 15.1. The highest BCUT2D eigenvalue weighted by Crippen LogP contribution is 2.46. The van der Waals surface area contributed by atoms with Crippen LogP contribution in [-0.4, -0.2) is 34.4 Å². The molecule has 0 amide bonds. The van der Waals surface area contributed by atoms with E-state index in [1.54, 1.807) is 14.2 Å². The standard InChI is InChI=1S/C23H21Br2N5O2/c1-31-19-8-6-15(24)11-14(19)10-13-4-3-5-17-21(13)26-23-27-28-29-30(23)22(17)18-12-16(25)7-9-20(18)32-2/h6-12,22H,3-5H2,1-2H3,(H,26,27,29). The highest BCUT2D eigenvalue weighted by molar-refractivity contribution is 9.10. The van der Waals surface area contributed by atoms with Crippen molar-refractivity contribution in [1.82, 2.24) is 20.2 Å². The molecule has 9 heteroatoms. The quantitative estimate of drug-likeness (QED) is 0.439. The van der Waals surface area contributed by atoms with Crippen LogP contribution in [0.1, 0.15) is 36.4 Å². The number of benzene rings is 2. The highest BCUT2D eigenvalue weighted by atomic mass is 79.9. The predicted octanol–water partition coefficient (Wildman–Crippen LogP) is 5.75. The fraction of sp³-hybridized carbons (Fsp3) is 0.261. The maximum Gasteiger partial charge on any atom is 0.248 e. The van der Waals surface area contributed by atoms with Gasteiger partial charge in [-0.2, -0.15) is 4.68 Å². The Morgan fingerprint density at radius 2 is 1.78 bits per heavy atom. The Bertz CT molecular complexity index is 1250. The lowest BCUT2D eigenvalue weighted by Gasteiger charge is -2.34. The number of aromatic nitrogens is 4. The Morgan fingerprint density at radius 3 is 2.56 bits per heavy atom. The molecule has 164 valence electrons. The van der Waals surface area contributed by atoms with Gasteiger partial charge in [0.2, 0.25) is 5.95 Å². The van der Waals surface area contributed by atoms with Gasteiger partial charge in [0.1, 0.15) is 17.5 Å². The first-order valence-corrected chi connectivity index (χ1v) is 11.8. The van der Waals surface area contributed by atoms with E-state index in [-0.39, 0.29) is 6.04 Å². The lowest BCUT2D eigenvalue weighted by molar-refractivity contribution is 0.399. The van der Waals surface area contributed by atoms with E-state index >= 15 is 0 Å². The number of hydrogen-bond acceptors (Lipinski definition) is 6. The van der Waals surface area contributed by atoms with Crippen molar-refractivity contribution in [2.24, 2.45) is 0 Å². The number of hydrogen-bond donors (Lipinski definition) is 1. The molecule has 32 heavy (non-hydrogen) atoms. The van der Waals surface area contributed by atoms with Crippen LogP contribution in [0.3, 0.4) is 0 Å². The number of anilines is 1. The van der Waals surface area contributed by atoms with Crippen LogP contribution in [0.15, 0.2) is 62.2 Å². The molecule has 0 fully saturated rings. The summed E-state index contributed by atoms with van der Waals surface area (Å²) in [6.07, 6.45) is 5.12. The molecular formula is C23H21Br2N5O2. The van der Waals surface area contributed by atoms with E-state index in [0.717, 1.165) is 56.5 Å². The van der Waals surface area contributed by atoms with E-state index in [9.17, 15) is 0 Å². The van der Waals surface area contributed by atoms with Gasteiger partial charge >= 0.3 is 0 Å². The third-order valence-electron chi connectivity index (χ3n) is 5.85. The number of rotatable bonds is 4. The zero-order valence-corrected chi connectivity index (χ0v) is 20.8. The average molecular weight is 559 g/mol. The van der Waals surface area contributed by atoms with Gasteiger partial charge in [0.05, 0.1) is 14.2 Å². The van der Waals surface area contributed by atoms with Gasteiger partial charge in [0.15, 0.2) is 0 Å². The Hall–Kier alpha value is -2.65. The Balaban J connectivity index is 1.69. The summed E-state index contributed by atoms with van der Waals surface area (Å²) in [6, 6.07) is 11.9. The number of tetrazole rings is 1. The normalized spacial score (nSPS) is 18.8. The maximum atomic E-state index is 5.71. The van der Waals surface area contributed by atoms with Gasteiger partial charge in [0, 0.05) is 25.8 Å². The monoisotopic (exact) mass is 557 g/mol. The SMILES string of the molecule is COc1ccc(Br)cc1C=C1CCCC2=C1Nc1nnnn1C2c1cc(Br)ccc1OC. The molecule has 0 saturated carbocycles. The van der Waals surface area contributed by atoms with Crippen molar-refractivity contribution in [1.29, 1.82) is 0 Å². The van der Waals surface area contributed by atoms with Crippen molar-refractivity contribution in [3.8, 4) is 11.5 Å². The minimum atomic E-state index is -0.156. The fourth-order valence-electron chi connectivity index (χ4n) is 4.46. The van der Waals surface area contributed by atoms with Crippen LogP contribution in [0.2, 0.25) is 0 Å². The van der Waals surface area contributed by atoms with Crippen molar-refractivity contribution in [3.63, 3.8) is 0 Å². The molecule has 0 radical (unpaired) electrons. The number of ether oxygens (including phenoxy) is 2. The van der Waals surface area contributed by atoms with E-state index in [1.807, 2.05) is 28.9 Å². The number of fused-ring (bicyclic) bond motifs is 1. The van der Waals surface area contributed by atoms with E-state index < -0.39 is 0 Å². The third kappa shape index (κ3) is 3.73. The van der Waals surface area contributed by atoms with Crippen LogP contribution in [-0.2, 0) is 0 Å². The molecule has 2 aromatic carbocycles. The largest absolute Gasteiger partial charge is 0.496 e. The van der Waals surface area contributed by atoms with Crippen molar-refractivity contribution < 1.29 is 9.47 Å². The van der Waals surface area contributed by atoms with Crippen molar-refractivity contribution in [3.05, 3.63) is 73.3 Å². The van der Waals surface area contributed by atoms with Gasteiger partial charge in [-0.25, -0.2) is 0 Å². The third-order valence-corrected chi connectivity index (χ3v) is 6.83. The second kappa shape index (κ2) is 8.71. The van der Waals surface area contributed by atoms with Gasteiger partial charge in [-0.15, -0.1) is 0 Å². The molecule has 1 unspecified atom stereocenters. The topological polar surface area (TPSA) is 74.1 Å². The van der Waals surface area contributed by atoms with Gasteiger partial charge < -0.3 is 14.8 Å². The summed E-state index contributed by atoms with van der Waals surface area (Å²) >= 11 is 7.19. The molecule has 0 saturated heterocycles. The summed E-state index contributed by atoms with van der Waals surface area (Å²) in [6.45, 7) is 0. The summed E-state index contributed by atoms with van der Waals surface area (Å²) in [4.78, 5) is 0. The minimum Gasteiger partial charge on any atom is -0.496 e. The van der Waals surface area contributed by atoms with E-state index in [4.69, 9.17) is 9.47 Å².